The molecular weight excluding hydrogens is 1180 g/mol. The molecule has 1 amide bonds. The topological polar surface area (TPSA) is 307 Å². The Morgan fingerprint density at radius 3 is 1.16 bits per heavy atom. The Morgan fingerprint density at radius 2 is 0.728 bits per heavy atom. The van der Waals surface area contributed by atoms with E-state index in [0.29, 0.717) is 12.8 Å². The number of hydrogen-bond acceptors (Lipinski definition) is 18. The van der Waals surface area contributed by atoms with Gasteiger partial charge in [-0.3, -0.25) is 4.79 Å². The Balaban J connectivity index is 1.41. The van der Waals surface area contributed by atoms with Crippen molar-refractivity contribution in [1.82, 2.24) is 5.32 Å². The molecule has 12 N–H and O–H groups in total. The largest absolute Gasteiger partial charge is 0.394 e. The monoisotopic (exact) mass is 1310 g/mol. The van der Waals surface area contributed by atoms with Crippen molar-refractivity contribution in [2.24, 2.45) is 0 Å². The molecule has 0 radical (unpaired) electrons. The molecule has 536 valence electrons. The van der Waals surface area contributed by atoms with E-state index in [1.165, 1.54) is 180 Å². The molecule has 17 atom stereocenters. The highest BCUT2D eigenvalue weighted by molar-refractivity contribution is 5.76. The van der Waals surface area contributed by atoms with Gasteiger partial charge in [-0.25, -0.2) is 0 Å². The number of rotatable bonds is 56. The number of hydrogen-bond donors (Lipinski definition) is 12. The van der Waals surface area contributed by atoms with Crippen LogP contribution in [0.1, 0.15) is 264 Å². The van der Waals surface area contributed by atoms with Crippen molar-refractivity contribution in [3.8, 4) is 0 Å². The van der Waals surface area contributed by atoms with Gasteiger partial charge in [-0.2, -0.15) is 0 Å². The van der Waals surface area contributed by atoms with Gasteiger partial charge in [-0.1, -0.05) is 248 Å². The number of carbonyl (C=O) groups excluding carboxylic acids is 1. The van der Waals surface area contributed by atoms with Crippen LogP contribution in [0.5, 0.6) is 0 Å². The van der Waals surface area contributed by atoms with Gasteiger partial charge in [0.1, 0.15) is 73.2 Å². The van der Waals surface area contributed by atoms with Gasteiger partial charge >= 0.3 is 0 Å². The van der Waals surface area contributed by atoms with Crippen molar-refractivity contribution >= 4 is 5.91 Å². The van der Waals surface area contributed by atoms with Crippen molar-refractivity contribution in [2.45, 2.75) is 369 Å². The molecule has 0 bridgehead atoms. The Hall–Kier alpha value is -2.51. The molecule has 3 saturated heterocycles. The summed E-state index contributed by atoms with van der Waals surface area (Å²) in [5, 5.41) is 121. The van der Waals surface area contributed by atoms with Gasteiger partial charge < -0.3 is 89.9 Å². The van der Waals surface area contributed by atoms with Gasteiger partial charge in [-0.15, -0.1) is 0 Å². The van der Waals surface area contributed by atoms with Crippen LogP contribution in [0.15, 0.2) is 60.8 Å². The predicted octanol–water partition coefficient (Wildman–Crippen LogP) is 10.3. The first kappa shape index (κ1) is 83.7. The third-order valence-electron chi connectivity index (χ3n) is 18.0. The van der Waals surface area contributed by atoms with Crippen LogP contribution in [0.4, 0.5) is 0 Å². The van der Waals surface area contributed by atoms with Crippen LogP contribution in [-0.2, 0) is 33.2 Å². The summed E-state index contributed by atoms with van der Waals surface area (Å²) in [5.74, 6) is -0.286. The number of carbonyl (C=O) groups is 1. The zero-order valence-electron chi connectivity index (χ0n) is 56.8. The highest BCUT2D eigenvalue weighted by Gasteiger charge is 2.53. The highest BCUT2D eigenvalue weighted by Crippen LogP contribution is 2.33. The summed E-state index contributed by atoms with van der Waals surface area (Å²) < 4.78 is 34.4. The molecule has 3 fully saturated rings. The Morgan fingerprint density at radius 1 is 0.391 bits per heavy atom. The molecule has 3 aliphatic rings. The van der Waals surface area contributed by atoms with Crippen molar-refractivity contribution < 1.29 is 89.4 Å². The molecular formula is C73H131NO18. The molecule has 0 aromatic carbocycles. The van der Waals surface area contributed by atoms with Gasteiger partial charge in [0, 0.05) is 6.42 Å². The second-order valence-corrected chi connectivity index (χ2v) is 26.0. The number of nitrogens with one attached hydrogen (secondary N) is 1. The fraction of sp³-hybridized carbons (Fsp3) is 0.849. The quantitative estimate of drug-likeness (QED) is 0.0199. The van der Waals surface area contributed by atoms with Gasteiger partial charge in [0.2, 0.25) is 5.91 Å². The van der Waals surface area contributed by atoms with Crippen LogP contribution < -0.4 is 5.32 Å². The normalized spacial score (nSPS) is 28.0. The maximum absolute atomic E-state index is 13.4. The van der Waals surface area contributed by atoms with Crippen LogP contribution in [-0.4, -0.2) is 193 Å². The Labute approximate surface area is 554 Å². The van der Waals surface area contributed by atoms with E-state index < -0.39 is 124 Å². The lowest BCUT2D eigenvalue weighted by Crippen LogP contribution is -2.66. The average molecular weight is 1310 g/mol. The molecule has 3 heterocycles. The fourth-order valence-electron chi connectivity index (χ4n) is 12.1. The van der Waals surface area contributed by atoms with E-state index in [-0.39, 0.29) is 18.9 Å². The molecule has 19 heteroatoms. The van der Waals surface area contributed by atoms with Gasteiger partial charge in [0.25, 0.3) is 0 Å². The number of ether oxygens (including phenoxy) is 6. The standard InChI is InChI=1S/C73H131NO18/c1-3-5-7-9-11-13-15-17-19-21-23-24-25-26-27-28-29-30-31-32-33-35-37-39-41-43-45-47-49-51-61(79)74-56(57(78)50-48-46-44-42-40-38-36-34-22-20-18-16-14-12-10-8-6-4-2)55-87-71-67(85)64(82)69(59(53-76)89-71)92-73-68(86)65(83)70(60(54-77)90-73)91-72-66(84)63(81)62(80)58(52-75)88-72/h15,17,21,23,25-26,40,42,48,50,56-60,62-73,75-78,80-86H,3-14,16,18-20,22,24,27-39,41,43-47,49,51-55H2,1-2H3,(H,74,79)/b17-15-,23-21-,26-25-,42-40+,50-48+. The average Bonchev–Trinajstić information content (AvgIpc) is 0.834. The van der Waals surface area contributed by atoms with E-state index >= 15 is 0 Å². The number of allylic oxidation sites excluding steroid dienone is 9. The summed E-state index contributed by atoms with van der Waals surface area (Å²) in [4.78, 5) is 13.4. The molecule has 0 spiro atoms. The van der Waals surface area contributed by atoms with Crippen LogP contribution in [0.3, 0.4) is 0 Å². The first-order valence-electron chi connectivity index (χ1n) is 36.5. The van der Waals surface area contributed by atoms with E-state index in [4.69, 9.17) is 28.4 Å². The molecule has 3 rings (SSSR count). The molecule has 0 saturated carbocycles. The van der Waals surface area contributed by atoms with Crippen molar-refractivity contribution in [3.63, 3.8) is 0 Å². The number of unbranched alkanes of at least 4 members (excludes halogenated alkanes) is 32. The number of amides is 1. The highest BCUT2D eigenvalue weighted by atomic mass is 16.8. The minimum absolute atomic E-state index is 0.233. The van der Waals surface area contributed by atoms with E-state index in [2.05, 4.69) is 67.8 Å². The molecule has 92 heavy (non-hydrogen) atoms. The van der Waals surface area contributed by atoms with Gasteiger partial charge in [-0.05, 0) is 70.6 Å². The van der Waals surface area contributed by atoms with E-state index in [9.17, 15) is 61.0 Å². The third kappa shape index (κ3) is 35.7. The summed E-state index contributed by atoms with van der Waals surface area (Å²) in [7, 11) is 0. The first-order valence-corrected chi connectivity index (χ1v) is 36.5. The minimum Gasteiger partial charge on any atom is -0.394 e. The maximum atomic E-state index is 13.4. The molecule has 0 aromatic heterocycles. The first-order chi connectivity index (χ1) is 44.8. The molecule has 3 aliphatic heterocycles. The Kier molecular flexibility index (Phi) is 49.6. The smallest absolute Gasteiger partial charge is 0.220 e. The fourth-order valence-corrected chi connectivity index (χ4v) is 12.1. The van der Waals surface area contributed by atoms with Crippen molar-refractivity contribution in [2.75, 3.05) is 26.4 Å². The second-order valence-electron chi connectivity index (χ2n) is 26.0. The molecule has 0 aromatic rings. The van der Waals surface area contributed by atoms with Gasteiger partial charge in [0.05, 0.1) is 38.6 Å². The zero-order valence-corrected chi connectivity index (χ0v) is 56.8. The zero-order chi connectivity index (χ0) is 66.8. The van der Waals surface area contributed by atoms with Gasteiger partial charge in [0.15, 0.2) is 18.9 Å². The lowest BCUT2D eigenvalue weighted by atomic mass is 9.96. The summed E-state index contributed by atoms with van der Waals surface area (Å²) >= 11 is 0. The number of aliphatic hydroxyl groups is 11. The molecule has 0 aliphatic carbocycles. The van der Waals surface area contributed by atoms with Crippen molar-refractivity contribution in [1.29, 1.82) is 0 Å². The van der Waals surface area contributed by atoms with Crippen molar-refractivity contribution in [3.05, 3.63) is 60.8 Å². The summed E-state index contributed by atoms with van der Waals surface area (Å²) in [6, 6.07) is -0.993. The lowest BCUT2D eigenvalue weighted by molar-refractivity contribution is -0.379. The molecule has 19 nitrogen and oxygen atoms in total. The SMILES string of the molecule is CCCCCCC/C=C\C/C=C\C/C=C\CCCCCCCCCCCCCCCCC(=O)NC(COC1OC(CO)C(OC2OC(CO)C(OC3OC(CO)C(O)C(O)C3O)C(O)C2O)C(O)C1O)C(O)/C=C/CC/C=C/CCCCCCCCCCCCCC. The third-order valence-corrected chi connectivity index (χ3v) is 18.0. The summed E-state index contributed by atoms with van der Waals surface area (Å²) in [6.45, 7) is 1.72. The minimum atomic E-state index is -1.98. The number of aliphatic hydroxyl groups excluding tert-OH is 11. The van der Waals surface area contributed by atoms with E-state index in [0.717, 1.165) is 51.4 Å². The summed E-state index contributed by atoms with van der Waals surface area (Å²) in [6.07, 6.45) is 40.5. The Bertz CT molecular complexity index is 1900. The van der Waals surface area contributed by atoms with Crippen LogP contribution >= 0.6 is 0 Å². The van der Waals surface area contributed by atoms with Crippen LogP contribution in [0.2, 0.25) is 0 Å². The van der Waals surface area contributed by atoms with E-state index in [1.807, 2.05) is 6.08 Å². The molecule has 17 unspecified atom stereocenters. The van der Waals surface area contributed by atoms with Crippen LogP contribution in [0.25, 0.3) is 0 Å². The van der Waals surface area contributed by atoms with Crippen LogP contribution in [0, 0.1) is 0 Å². The maximum Gasteiger partial charge on any atom is 0.220 e. The van der Waals surface area contributed by atoms with E-state index in [1.54, 1.807) is 6.08 Å². The second kappa shape index (κ2) is 54.5. The predicted molar refractivity (Wildman–Crippen MR) is 360 cm³/mol. The lowest BCUT2D eigenvalue weighted by Gasteiger charge is -2.48. The summed E-state index contributed by atoms with van der Waals surface area (Å²) in [5.41, 5.74) is 0.